The van der Waals surface area contributed by atoms with Crippen molar-refractivity contribution in [3.05, 3.63) is 0 Å². The number of rotatable bonds is 3. The Hall–Kier alpha value is -1.04. The second kappa shape index (κ2) is 4.86. The summed E-state index contributed by atoms with van der Waals surface area (Å²) in [6.07, 6.45) is 5.05. The number of amides is 1. The van der Waals surface area contributed by atoms with Crippen LogP contribution in [-0.4, -0.2) is 23.9 Å². The van der Waals surface area contributed by atoms with E-state index in [0.29, 0.717) is 18.2 Å². The Balaban J connectivity index is 1.75. The maximum Gasteiger partial charge on any atom is 0.222 e. The summed E-state index contributed by atoms with van der Waals surface area (Å²) in [5, 5.41) is 8.79. The highest BCUT2D eigenvalue weighted by Gasteiger charge is 2.31. The molecule has 88 valence electrons. The summed E-state index contributed by atoms with van der Waals surface area (Å²) in [7, 11) is 0. The van der Waals surface area contributed by atoms with E-state index in [9.17, 15) is 4.79 Å². The highest BCUT2D eigenvalue weighted by molar-refractivity contribution is 5.76. The number of carbonyl (C=O) groups is 1. The van der Waals surface area contributed by atoms with E-state index < -0.39 is 0 Å². The number of hydrogen-bond donors (Lipinski definition) is 0. The average molecular weight is 220 g/mol. The molecule has 0 aromatic carbocycles. The van der Waals surface area contributed by atoms with Gasteiger partial charge in [0.2, 0.25) is 5.91 Å². The van der Waals surface area contributed by atoms with Gasteiger partial charge in [-0.3, -0.25) is 4.79 Å². The van der Waals surface area contributed by atoms with Crippen LogP contribution in [0, 0.1) is 29.1 Å². The molecule has 0 aromatic rings. The van der Waals surface area contributed by atoms with Crippen molar-refractivity contribution in [1.29, 1.82) is 5.26 Å². The lowest BCUT2D eigenvalue weighted by Crippen LogP contribution is -2.38. The van der Waals surface area contributed by atoms with Gasteiger partial charge in [-0.15, -0.1) is 0 Å². The first kappa shape index (κ1) is 11.4. The van der Waals surface area contributed by atoms with E-state index in [-0.39, 0.29) is 5.92 Å². The van der Waals surface area contributed by atoms with E-state index in [0.717, 1.165) is 31.8 Å². The molecule has 1 saturated heterocycles. The largest absolute Gasteiger partial charge is 0.343 e. The topological polar surface area (TPSA) is 44.1 Å². The molecule has 16 heavy (non-hydrogen) atoms. The van der Waals surface area contributed by atoms with Crippen LogP contribution < -0.4 is 0 Å². The van der Waals surface area contributed by atoms with Crippen LogP contribution in [0.5, 0.6) is 0 Å². The number of piperidine rings is 1. The van der Waals surface area contributed by atoms with Crippen LogP contribution in [0.15, 0.2) is 0 Å². The van der Waals surface area contributed by atoms with E-state index in [2.05, 4.69) is 13.0 Å². The lowest BCUT2D eigenvalue weighted by Gasteiger charge is -2.30. The van der Waals surface area contributed by atoms with Crippen molar-refractivity contribution in [3.8, 4) is 6.07 Å². The molecule has 1 aliphatic heterocycles. The van der Waals surface area contributed by atoms with Gasteiger partial charge in [0.1, 0.15) is 0 Å². The Morgan fingerprint density at radius 2 is 2.00 bits per heavy atom. The third-order valence-corrected chi connectivity index (χ3v) is 3.95. The Morgan fingerprint density at radius 3 is 2.50 bits per heavy atom. The van der Waals surface area contributed by atoms with Gasteiger partial charge in [-0.1, -0.05) is 6.92 Å². The highest BCUT2D eigenvalue weighted by atomic mass is 16.2. The predicted octanol–water partition coefficient (Wildman–Crippen LogP) is 2.18. The number of hydrogen-bond acceptors (Lipinski definition) is 2. The average Bonchev–Trinajstić information content (AvgIpc) is 3.13. The lowest BCUT2D eigenvalue weighted by atomic mass is 9.96. The van der Waals surface area contributed by atoms with Gasteiger partial charge < -0.3 is 4.90 Å². The molecule has 0 aromatic heterocycles. The van der Waals surface area contributed by atoms with Gasteiger partial charge in [-0.25, -0.2) is 0 Å². The first-order chi connectivity index (χ1) is 7.70. The van der Waals surface area contributed by atoms with Crippen molar-refractivity contribution in [2.45, 2.75) is 39.0 Å². The molecule has 2 fully saturated rings. The van der Waals surface area contributed by atoms with Crippen LogP contribution in [0.3, 0.4) is 0 Å². The molecule has 1 saturated carbocycles. The molecule has 0 bridgehead atoms. The molecule has 2 aliphatic rings. The SMILES string of the molecule is CC(CC(=O)N1CCC(C#N)CC1)C1CC1. The van der Waals surface area contributed by atoms with Gasteiger partial charge in [-0.05, 0) is 37.5 Å². The molecule has 2 rings (SSSR count). The standard InChI is InChI=1S/C13H20N2O/c1-10(12-2-3-12)8-13(16)15-6-4-11(9-14)5-7-15/h10-12H,2-8H2,1H3. The summed E-state index contributed by atoms with van der Waals surface area (Å²) < 4.78 is 0. The second-order valence-electron chi connectivity index (χ2n) is 5.30. The quantitative estimate of drug-likeness (QED) is 0.731. The first-order valence-corrected chi connectivity index (χ1v) is 6.38. The summed E-state index contributed by atoms with van der Waals surface area (Å²) in [6.45, 7) is 3.76. The van der Waals surface area contributed by atoms with Crippen LogP contribution in [0.4, 0.5) is 0 Å². The van der Waals surface area contributed by atoms with E-state index in [4.69, 9.17) is 5.26 Å². The molecule has 1 unspecified atom stereocenters. The predicted molar refractivity (Wildman–Crippen MR) is 61.4 cm³/mol. The Labute approximate surface area is 97.4 Å². The zero-order chi connectivity index (χ0) is 11.5. The lowest BCUT2D eigenvalue weighted by molar-refractivity contribution is -0.133. The van der Waals surface area contributed by atoms with Crippen molar-refractivity contribution < 1.29 is 4.79 Å². The third kappa shape index (κ3) is 2.75. The molecule has 1 heterocycles. The molecule has 0 spiro atoms. The number of nitrogens with zero attached hydrogens (tertiary/aromatic N) is 2. The van der Waals surface area contributed by atoms with Crippen LogP contribution in [0.25, 0.3) is 0 Å². The fourth-order valence-electron chi connectivity index (χ4n) is 2.49. The summed E-state index contributed by atoms with van der Waals surface area (Å²) in [4.78, 5) is 13.9. The first-order valence-electron chi connectivity index (χ1n) is 6.38. The van der Waals surface area contributed by atoms with Gasteiger partial charge in [0.05, 0.1) is 6.07 Å². The van der Waals surface area contributed by atoms with Crippen molar-refractivity contribution in [1.82, 2.24) is 4.90 Å². The number of likely N-dealkylation sites (tertiary alicyclic amines) is 1. The van der Waals surface area contributed by atoms with Crippen molar-refractivity contribution >= 4 is 5.91 Å². The second-order valence-corrected chi connectivity index (χ2v) is 5.30. The minimum atomic E-state index is 0.171. The zero-order valence-electron chi connectivity index (χ0n) is 9.98. The zero-order valence-corrected chi connectivity index (χ0v) is 9.98. The van der Waals surface area contributed by atoms with Crippen molar-refractivity contribution in [2.75, 3.05) is 13.1 Å². The number of carbonyl (C=O) groups excluding carboxylic acids is 1. The molecule has 0 radical (unpaired) electrons. The molecular formula is C13H20N2O. The van der Waals surface area contributed by atoms with E-state index >= 15 is 0 Å². The minimum Gasteiger partial charge on any atom is -0.343 e. The van der Waals surface area contributed by atoms with E-state index in [1.165, 1.54) is 12.8 Å². The normalized spacial score (nSPS) is 23.9. The minimum absolute atomic E-state index is 0.171. The summed E-state index contributed by atoms with van der Waals surface area (Å²) in [5.41, 5.74) is 0. The van der Waals surface area contributed by atoms with Gasteiger partial charge in [0.25, 0.3) is 0 Å². The van der Waals surface area contributed by atoms with E-state index in [1.807, 2.05) is 4.90 Å². The van der Waals surface area contributed by atoms with Crippen molar-refractivity contribution in [2.24, 2.45) is 17.8 Å². The van der Waals surface area contributed by atoms with Crippen LogP contribution in [0.1, 0.15) is 39.0 Å². The van der Waals surface area contributed by atoms with E-state index in [1.54, 1.807) is 0 Å². The maximum atomic E-state index is 12.0. The van der Waals surface area contributed by atoms with Crippen molar-refractivity contribution in [3.63, 3.8) is 0 Å². The fraction of sp³-hybridized carbons (Fsp3) is 0.846. The molecule has 1 amide bonds. The van der Waals surface area contributed by atoms with Gasteiger partial charge in [0.15, 0.2) is 0 Å². The van der Waals surface area contributed by atoms with Gasteiger partial charge in [0, 0.05) is 25.4 Å². The summed E-state index contributed by atoms with van der Waals surface area (Å²) >= 11 is 0. The highest BCUT2D eigenvalue weighted by Crippen LogP contribution is 2.38. The Morgan fingerprint density at radius 1 is 1.38 bits per heavy atom. The molecule has 3 nitrogen and oxygen atoms in total. The maximum absolute atomic E-state index is 12.0. The Bertz CT molecular complexity index is 296. The number of nitriles is 1. The van der Waals surface area contributed by atoms with Crippen LogP contribution >= 0.6 is 0 Å². The van der Waals surface area contributed by atoms with Crippen LogP contribution in [-0.2, 0) is 4.79 Å². The Kier molecular flexibility index (Phi) is 3.48. The monoisotopic (exact) mass is 220 g/mol. The smallest absolute Gasteiger partial charge is 0.222 e. The molecule has 1 aliphatic carbocycles. The van der Waals surface area contributed by atoms with Gasteiger partial charge in [-0.2, -0.15) is 5.26 Å². The molecule has 0 N–H and O–H groups in total. The molecule has 1 atom stereocenters. The molecular weight excluding hydrogens is 200 g/mol. The molecule has 3 heteroatoms. The summed E-state index contributed by atoms with van der Waals surface area (Å²) in [5.74, 6) is 1.84. The summed E-state index contributed by atoms with van der Waals surface area (Å²) in [6, 6.07) is 2.29. The fourth-order valence-corrected chi connectivity index (χ4v) is 2.49. The van der Waals surface area contributed by atoms with Gasteiger partial charge >= 0.3 is 0 Å². The van der Waals surface area contributed by atoms with Crippen LogP contribution in [0.2, 0.25) is 0 Å². The third-order valence-electron chi connectivity index (χ3n) is 3.95.